The van der Waals surface area contributed by atoms with Crippen LogP contribution < -0.4 is 10.7 Å². The topological polar surface area (TPSA) is 78.9 Å². The second-order valence-electron chi connectivity index (χ2n) is 8.39. The molecule has 0 bridgehead atoms. The van der Waals surface area contributed by atoms with E-state index in [0.717, 1.165) is 74.8 Å². The van der Waals surface area contributed by atoms with Crippen LogP contribution in [-0.2, 0) is 11.3 Å². The molecule has 1 aromatic heterocycles. The Balaban J connectivity index is 1.19. The Hall–Kier alpha value is -2.48. The summed E-state index contributed by atoms with van der Waals surface area (Å²) in [6, 6.07) is 12.0. The predicted molar refractivity (Wildman–Crippen MR) is 127 cm³/mol. The molecule has 2 aromatic rings. The number of rotatable bonds is 7. The van der Waals surface area contributed by atoms with Gasteiger partial charge < -0.3 is 10.1 Å². The van der Waals surface area contributed by atoms with Crippen LogP contribution in [0.5, 0.6) is 0 Å². The van der Waals surface area contributed by atoms with E-state index in [0.29, 0.717) is 17.7 Å². The molecule has 8 heteroatoms. The Morgan fingerprint density at radius 3 is 2.66 bits per heavy atom. The zero-order valence-corrected chi connectivity index (χ0v) is 18.9. The highest BCUT2D eigenvalue weighted by molar-refractivity contribution is 6.31. The summed E-state index contributed by atoms with van der Waals surface area (Å²) in [5.41, 5.74) is 5.04. The van der Waals surface area contributed by atoms with Crippen molar-refractivity contribution in [3.63, 3.8) is 0 Å². The minimum Gasteiger partial charge on any atom is -0.381 e. The van der Waals surface area contributed by atoms with E-state index in [4.69, 9.17) is 16.3 Å². The van der Waals surface area contributed by atoms with Gasteiger partial charge in [-0.1, -0.05) is 29.8 Å². The highest BCUT2D eigenvalue weighted by Crippen LogP contribution is 2.21. The monoisotopic (exact) mass is 455 g/mol. The third-order valence-corrected chi connectivity index (χ3v) is 6.39. The van der Waals surface area contributed by atoms with Gasteiger partial charge in [-0.2, -0.15) is 5.10 Å². The number of carbonyl (C=O) groups is 1. The average Bonchev–Trinajstić information content (AvgIpc) is 2.83. The molecular formula is C24H30ClN5O2. The fourth-order valence-corrected chi connectivity index (χ4v) is 4.27. The van der Waals surface area contributed by atoms with Crippen molar-refractivity contribution in [3.8, 4) is 0 Å². The van der Waals surface area contributed by atoms with E-state index in [2.05, 4.69) is 31.8 Å². The minimum atomic E-state index is -0.296. The quantitative estimate of drug-likeness (QED) is 0.488. The van der Waals surface area contributed by atoms with Crippen LogP contribution in [-0.4, -0.2) is 54.4 Å². The predicted octanol–water partition coefficient (Wildman–Crippen LogP) is 3.95. The molecule has 2 aliphatic rings. The third-order valence-electron chi connectivity index (χ3n) is 6.02. The van der Waals surface area contributed by atoms with Crippen molar-refractivity contribution in [1.82, 2.24) is 15.3 Å². The van der Waals surface area contributed by atoms with Crippen molar-refractivity contribution in [1.29, 1.82) is 0 Å². The number of carbonyl (C=O) groups excluding carboxylic acids is 1. The second-order valence-corrected chi connectivity index (χ2v) is 8.79. The number of anilines is 1. The number of nitrogens with zero attached hydrogens (tertiary/aromatic N) is 3. The molecule has 2 fully saturated rings. The maximum absolute atomic E-state index is 12.3. The van der Waals surface area contributed by atoms with Gasteiger partial charge in [0.1, 0.15) is 5.69 Å². The van der Waals surface area contributed by atoms with E-state index in [9.17, 15) is 4.79 Å². The van der Waals surface area contributed by atoms with E-state index in [-0.39, 0.29) is 5.91 Å². The molecule has 1 amide bonds. The number of halogens is 1. The largest absolute Gasteiger partial charge is 0.381 e. The first kappa shape index (κ1) is 22.7. The SMILES string of the molecule is O=C(N/N=C/C1CCN(Cc2ccccc2Cl)CC1)c1ccc(NC2CCOCC2)cn1. The summed E-state index contributed by atoms with van der Waals surface area (Å²) in [6.45, 7) is 4.40. The summed E-state index contributed by atoms with van der Waals surface area (Å²) in [6.07, 6.45) is 7.53. The number of nitrogens with one attached hydrogen (secondary N) is 2. The van der Waals surface area contributed by atoms with E-state index < -0.39 is 0 Å². The lowest BCUT2D eigenvalue weighted by molar-refractivity contribution is 0.0904. The Kier molecular flexibility index (Phi) is 8.09. The van der Waals surface area contributed by atoms with Crippen LogP contribution in [0.25, 0.3) is 0 Å². The maximum atomic E-state index is 12.3. The lowest BCUT2D eigenvalue weighted by atomic mass is 9.98. The van der Waals surface area contributed by atoms with Crippen molar-refractivity contribution in [3.05, 3.63) is 58.9 Å². The Bertz CT molecular complexity index is 907. The number of hydrogen-bond acceptors (Lipinski definition) is 6. The normalized spacial score (nSPS) is 18.7. The fraction of sp³-hybridized carbons (Fsp3) is 0.458. The van der Waals surface area contributed by atoms with Crippen LogP contribution in [0.1, 0.15) is 41.7 Å². The van der Waals surface area contributed by atoms with Crippen molar-refractivity contribution in [2.24, 2.45) is 11.0 Å². The molecule has 0 unspecified atom stereocenters. The van der Waals surface area contributed by atoms with Crippen LogP contribution in [0.15, 0.2) is 47.7 Å². The van der Waals surface area contributed by atoms with Gasteiger partial charge >= 0.3 is 0 Å². The summed E-state index contributed by atoms with van der Waals surface area (Å²) in [5.74, 6) is 0.0619. The summed E-state index contributed by atoms with van der Waals surface area (Å²) in [5, 5.41) is 8.44. The van der Waals surface area contributed by atoms with Gasteiger partial charge in [0.25, 0.3) is 5.91 Å². The highest BCUT2D eigenvalue weighted by Gasteiger charge is 2.19. The number of likely N-dealkylation sites (tertiary alicyclic amines) is 1. The molecule has 3 heterocycles. The second kappa shape index (κ2) is 11.4. The Morgan fingerprint density at radius 1 is 1.16 bits per heavy atom. The van der Waals surface area contributed by atoms with Crippen molar-refractivity contribution in [2.45, 2.75) is 38.3 Å². The van der Waals surface area contributed by atoms with Crippen LogP contribution in [0, 0.1) is 5.92 Å². The van der Waals surface area contributed by atoms with Gasteiger partial charge in [-0.3, -0.25) is 9.69 Å². The molecular weight excluding hydrogens is 426 g/mol. The molecule has 0 radical (unpaired) electrons. The van der Waals surface area contributed by atoms with Gasteiger partial charge in [0.05, 0.1) is 11.9 Å². The fourth-order valence-electron chi connectivity index (χ4n) is 4.08. The van der Waals surface area contributed by atoms with Crippen molar-refractivity contribution in [2.75, 3.05) is 31.6 Å². The molecule has 2 saturated heterocycles. The first-order chi connectivity index (χ1) is 15.7. The van der Waals surface area contributed by atoms with Gasteiger partial charge in [0.2, 0.25) is 0 Å². The van der Waals surface area contributed by atoms with E-state index >= 15 is 0 Å². The first-order valence-electron chi connectivity index (χ1n) is 11.3. The van der Waals surface area contributed by atoms with Crippen LogP contribution >= 0.6 is 11.6 Å². The number of pyridine rings is 1. The lowest BCUT2D eigenvalue weighted by Gasteiger charge is -2.30. The zero-order chi connectivity index (χ0) is 22.2. The van der Waals surface area contributed by atoms with E-state index in [1.165, 1.54) is 0 Å². The minimum absolute atomic E-state index is 0.296. The average molecular weight is 456 g/mol. The number of piperidine rings is 1. The van der Waals surface area contributed by atoms with E-state index in [1.54, 1.807) is 12.3 Å². The molecule has 2 N–H and O–H groups in total. The number of hydrazone groups is 1. The van der Waals surface area contributed by atoms with Gasteiger partial charge in [-0.15, -0.1) is 0 Å². The third kappa shape index (κ3) is 6.51. The number of ether oxygens (including phenoxy) is 1. The lowest BCUT2D eigenvalue weighted by Crippen LogP contribution is -2.34. The first-order valence-corrected chi connectivity index (χ1v) is 11.6. The Morgan fingerprint density at radius 2 is 1.94 bits per heavy atom. The zero-order valence-electron chi connectivity index (χ0n) is 18.2. The molecule has 4 rings (SSSR count). The van der Waals surface area contributed by atoms with Gasteiger partial charge in [-0.05, 0) is 68.5 Å². The van der Waals surface area contributed by atoms with Crippen LogP contribution in [0.3, 0.4) is 0 Å². The molecule has 170 valence electrons. The molecule has 7 nitrogen and oxygen atoms in total. The summed E-state index contributed by atoms with van der Waals surface area (Å²) >= 11 is 6.27. The van der Waals surface area contributed by atoms with Gasteiger partial charge in [0.15, 0.2) is 0 Å². The molecule has 0 aliphatic carbocycles. The number of aromatic nitrogens is 1. The smallest absolute Gasteiger partial charge is 0.289 e. The van der Waals surface area contributed by atoms with Crippen LogP contribution in [0.2, 0.25) is 5.02 Å². The molecule has 0 saturated carbocycles. The maximum Gasteiger partial charge on any atom is 0.289 e. The number of amides is 1. The molecule has 32 heavy (non-hydrogen) atoms. The number of benzene rings is 1. The van der Waals surface area contributed by atoms with Gasteiger partial charge in [-0.25, -0.2) is 10.4 Å². The van der Waals surface area contributed by atoms with E-state index in [1.807, 2.05) is 30.5 Å². The standard InChI is InChI=1S/C24H30ClN5O2/c25-22-4-2-1-3-19(22)17-30-11-7-18(8-12-30)15-27-29-24(31)23-6-5-21(16-26-23)28-20-9-13-32-14-10-20/h1-6,15-16,18,20,28H,7-14,17H2,(H,29,31)/b27-15+. The summed E-state index contributed by atoms with van der Waals surface area (Å²) < 4.78 is 5.37. The van der Waals surface area contributed by atoms with Crippen LogP contribution in [0.4, 0.5) is 5.69 Å². The summed E-state index contributed by atoms with van der Waals surface area (Å²) in [7, 11) is 0. The van der Waals surface area contributed by atoms with Crippen molar-refractivity contribution < 1.29 is 9.53 Å². The van der Waals surface area contributed by atoms with Crippen molar-refractivity contribution >= 4 is 29.4 Å². The number of hydrogen-bond donors (Lipinski definition) is 2. The Labute approximate surface area is 194 Å². The molecule has 0 atom stereocenters. The molecule has 0 spiro atoms. The molecule has 1 aromatic carbocycles. The summed E-state index contributed by atoms with van der Waals surface area (Å²) in [4.78, 5) is 19.0. The molecule has 2 aliphatic heterocycles. The van der Waals surface area contributed by atoms with Gasteiger partial charge in [0, 0.05) is 37.0 Å². The highest BCUT2D eigenvalue weighted by atomic mass is 35.5.